The number of nitrogens with two attached hydrogens (primary N) is 2. The van der Waals surface area contributed by atoms with Crippen molar-refractivity contribution in [1.29, 1.82) is 0 Å². The Labute approximate surface area is 145 Å². The molecule has 24 heavy (non-hydrogen) atoms. The number of unbranched alkanes of at least 4 members (excludes halogenated alkanes) is 7. The van der Waals surface area contributed by atoms with Crippen LogP contribution in [0.15, 0.2) is 4.99 Å². The molecule has 0 saturated carbocycles. The van der Waals surface area contributed by atoms with Gasteiger partial charge in [0.1, 0.15) is 6.54 Å². The number of hydrogen-bond acceptors (Lipinski definition) is 4. The van der Waals surface area contributed by atoms with E-state index >= 15 is 0 Å². The summed E-state index contributed by atoms with van der Waals surface area (Å²) < 4.78 is 5.02. The number of rotatable bonds is 15. The maximum absolute atomic E-state index is 11.6. The highest BCUT2D eigenvalue weighted by Gasteiger charge is 2.06. The molecule has 1 amide bonds. The second kappa shape index (κ2) is 16.1. The normalized spacial score (nSPS) is 10.2. The number of carbonyl (C=O) groups is 2. The second-order valence-corrected chi connectivity index (χ2v) is 5.88. The van der Waals surface area contributed by atoms with Crippen LogP contribution >= 0.6 is 0 Å². The summed E-state index contributed by atoms with van der Waals surface area (Å²) in [5, 5.41) is 2.59. The molecule has 7 heteroatoms. The van der Waals surface area contributed by atoms with Crippen LogP contribution in [0.5, 0.6) is 0 Å². The molecule has 0 atom stereocenters. The van der Waals surface area contributed by atoms with Crippen molar-refractivity contribution < 1.29 is 14.3 Å². The first-order chi connectivity index (χ1) is 11.6. The molecule has 0 saturated heterocycles. The Morgan fingerprint density at radius 1 is 0.958 bits per heavy atom. The van der Waals surface area contributed by atoms with Crippen LogP contribution in [0, 0.1) is 0 Å². The number of amides is 1. The van der Waals surface area contributed by atoms with Gasteiger partial charge in [-0.05, 0) is 19.3 Å². The number of hydrogen-bond donors (Lipinski definition) is 3. The zero-order valence-corrected chi connectivity index (χ0v) is 15.0. The highest BCUT2D eigenvalue weighted by molar-refractivity contribution is 5.81. The van der Waals surface area contributed by atoms with E-state index in [4.69, 9.17) is 16.2 Å². The molecule has 0 rings (SSSR count). The van der Waals surface area contributed by atoms with Crippen LogP contribution in [0.25, 0.3) is 0 Å². The molecule has 0 bridgehead atoms. The van der Waals surface area contributed by atoms with E-state index in [0.29, 0.717) is 26.0 Å². The number of ether oxygens (including phenoxy) is 1. The predicted molar refractivity (Wildman–Crippen MR) is 96.5 cm³/mol. The fourth-order valence-electron chi connectivity index (χ4n) is 2.16. The van der Waals surface area contributed by atoms with Crippen LogP contribution in [0.2, 0.25) is 0 Å². The summed E-state index contributed by atoms with van der Waals surface area (Å²) >= 11 is 0. The van der Waals surface area contributed by atoms with Crippen LogP contribution in [0.1, 0.15) is 71.1 Å². The van der Waals surface area contributed by atoms with Crippen LogP contribution < -0.4 is 16.8 Å². The Bertz CT molecular complexity index is 369. The monoisotopic (exact) mass is 342 g/mol. The van der Waals surface area contributed by atoms with Gasteiger partial charge in [-0.15, -0.1) is 0 Å². The van der Waals surface area contributed by atoms with Crippen molar-refractivity contribution in [3.8, 4) is 0 Å². The molecule has 0 aliphatic heterocycles. The van der Waals surface area contributed by atoms with Crippen LogP contribution in [0.3, 0.4) is 0 Å². The van der Waals surface area contributed by atoms with Gasteiger partial charge in [0, 0.05) is 13.0 Å². The topological polar surface area (TPSA) is 120 Å². The lowest BCUT2D eigenvalue weighted by Gasteiger charge is -2.06. The number of nitrogens with one attached hydrogen (secondary N) is 1. The van der Waals surface area contributed by atoms with E-state index in [1.165, 1.54) is 32.1 Å². The lowest BCUT2D eigenvalue weighted by Crippen LogP contribution is -2.30. The molecule has 0 aromatic heterocycles. The lowest BCUT2D eigenvalue weighted by molar-refractivity contribution is -0.144. The van der Waals surface area contributed by atoms with Gasteiger partial charge in [-0.2, -0.15) is 0 Å². The largest absolute Gasteiger partial charge is 0.464 e. The molecule has 5 N–H and O–H groups in total. The first-order valence-corrected chi connectivity index (χ1v) is 9.04. The van der Waals surface area contributed by atoms with E-state index in [-0.39, 0.29) is 18.4 Å². The standard InChI is InChI=1S/C17H34N4O3/c1-2-3-4-5-6-7-8-11-15(22)21-14-16(23)24-13-10-9-12-20-17(18)19/h2-14H2,1H3,(H,21,22)(H4,18,19,20). The SMILES string of the molecule is CCCCCCCCCC(=O)NCC(=O)OCCCCN=C(N)N. The Balaban J connectivity index is 3.42. The summed E-state index contributed by atoms with van der Waals surface area (Å²) in [7, 11) is 0. The number of carbonyl (C=O) groups excluding carboxylic acids is 2. The van der Waals surface area contributed by atoms with Gasteiger partial charge in [-0.25, -0.2) is 0 Å². The van der Waals surface area contributed by atoms with Gasteiger partial charge in [0.05, 0.1) is 6.61 Å². The van der Waals surface area contributed by atoms with Crippen molar-refractivity contribution in [3.63, 3.8) is 0 Å². The number of guanidine groups is 1. The van der Waals surface area contributed by atoms with Crippen LogP contribution in [0.4, 0.5) is 0 Å². The van der Waals surface area contributed by atoms with E-state index in [2.05, 4.69) is 17.2 Å². The Morgan fingerprint density at radius 3 is 2.29 bits per heavy atom. The molecule has 0 spiro atoms. The molecular weight excluding hydrogens is 308 g/mol. The van der Waals surface area contributed by atoms with Gasteiger partial charge in [0.25, 0.3) is 0 Å². The molecule has 0 aliphatic rings. The third-order valence-electron chi connectivity index (χ3n) is 3.55. The van der Waals surface area contributed by atoms with Crippen molar-refractivity contribution in [2.75, 3.05) is 19.7 Å². The minimum atomic E-state index is -0.412. The van der Waals surface area contributed by atoms with Crippen LogP contribution in [-0.2, 0) is 14.3 Å². The Kier molecular flexibility index (Phi) is 14.9. The fourth-order valence-corrected chi connectivity index (χ4v) is 2.16. The number of nitrogens with zero attached hydrogens (tertiary/aromatic N) is 1. The molecule has 0 heterocycles. The lowest BCUT2D eigenvalue weighted by atomic mass is 10.1. The van der Waals surface area contributed by atoms with Gasteiger partial charge >= 0.3 is 5.97 Å². The summed E-state index contributed by atoms with van der Waals surface area (Å²) in [6.07, 6.45) is 10.1. The van der Waals surface area contributed by atoms with Gasteiger partial charge in [0.2, 0.25) is 5.91 Å². The van der Waals surface area contributed by atoms with Crippen molar-refractivity contribution in [2.24, 2.45) is 16.5 Å². The summed E-state index contributed by atoms with van der Waals surface area (Å²) in [6.45, 7) is 2.97. The fraction of sp³-hybridized carbons (Fsp3) is 0.824. The van der Waals surface area contributed by atoms with Crippen molar-refractivity contribution in [1.82, 2.24) is 5.32 Å². The zero-order chi connectivity index (χ0) is 18.0. The van der Waals surface area contributed by atoms with Gasteiger partial charge in [-0.3, -0.25) is 14.6 Å². The molecular formula is C17H34N4O3. The molecule has 0 radical (unpaired) electrons. The van der Waals surface area contributed by atoms with Crippen molar-refractivity contribution in [2.45, 2.75) is 71.1 Å². The van der Waals surface area contributed by atoms with Gasteiger partial charge < -0.3 is 21.5 Å². The minimum absolute atomic E-state index is 0.0654. The number of esters is 1. The van der Waals surface area contributed by atoms with E-state index in [1.807, 2.05) is 0 Å². The first-order valence-electron chi connectivity index (χ1n) is 9.04. The molecule has 0 unspecified atom stereocenters. The third kappa shape index (κ3) is 16.6. The average Bonchev–Trinajstić information content (AvgIpc) is 2.55. The number of aliphatic imine (C=N–C) groups is 1. The van der Waals surface area contributed by atoms with E-state index in [1.54, 1.807) is 0 Å². The average molecular weight is 342 g/mol. The summed E-state index contributed by atoms with van der Waals surface area (Å²) in [5.41, 5.74) is 10.4. The van der Waals surface area contributed by atoms with Crippen LogP contribution in [-0.4, -0.2) is 37.5 Å². The highest BCUT2D eigenvalue weighted by Crippen LogP contribution is 2.08. The van der Waals surface area contributed by atoms with E-state index < -0.39 is 5.97 Å². The quantitative estimate of drug-likeness (QED) is 0.181. The van der Waals surface area contributed by atoms with Gasteiger partial charge in [0.15, 0.2) is 5.96 Å². The maximum Gasteiger partial charge on any atom is 0.325 e. The third-order valence-corrected chi connectivity index (χ3v) is 3.55. The molecule has 0 aromatic rings. The molecule has 0 aliphatic carbocycles. The minimum Gasteiger partial charge on any atom is -0.464 e. The first kappa shape index (κ1) is 22.2. The van der Waals surface area contributed by atoms with E-state index in [9.17, 15) is 9.59 Å². The van der Waals surface area contributed by atoms with Crippen molar-refractivity contribution in [3.05, 3.63) is 0 Å². The molecule has 7 nitrogen and oxygen atoms in total. The molecule has 0 aromatic carbocycles. The summed E-state index contributed by atoms with van der Waals surface area (Å²) in [5.74, 6) is -0.436. The van der Waals surface area contributed by atoms with Crippen molar-refractivity contribution >= 4 is 17.8 Å². The van der Waals surface area contributed by atoms with Gasteiger partial charge in [-0.1, -0.05) is 45.4 Å². The highest BCUT2D eigenvalue weighted by atomic mass is 16.5. The summed E-state index contributed by atoms with van der Waals surface area (Å²) in [4.78, 5) is 26.9. The second-order valence-electron chi connectivity index (χ2n) is 5.88. The smallest absolute Gasteiger partial charge is 0.325 e. The Morgan fingerprint density at radius 2 is 1.62 bits per heavy atom. The zero-order valence-electron chi connectivity index (χ0n) is 15.0. The predicted octanol–water partition coefficient (Wildman–Crippen LogP) is 1.84. The summed E-state index contributed by atoms with van der Waals surface area (Å²) in [6, 6.07) is 0. The van der Waals surface area contributed by atoms with E-state index in [0.717, 1.165) is 19.3 Å². The molecule has 0 fully saturated rings. The maximum atomic E-state index is 11.6. The molecule has 140 valence electrons. The Hall–Kier alpha value is -1.79.